The molecule has 3 amide bonds. The number of carbonyl (C=O) groups is 3. The number of urea groups is 1. The summed E-state index contributed by atoms with van der Waals surface area (Å²) in [6.07, 6.45) is 3.80. The number of hydrogen-bond acceptors (Lipinski definition) is 3. The van der Waals surface area contributed by atoms with Gasteiger partial charge in [0.05, 0.1) is 0 Å². The molecular formula is C13H23N3O4. The van der Waals surface area contributed by atoms with Gasteiger partial charge in [0.15, 0.2) is 0 Å². The maximum atomic E-state index is 11.8. The van der Waals surface area contributed by atoms with E-state index in [1.807, 2.05) is 4.90 Å². The Hall–Kier alpha value is -1.79. The van der Waals surface area contributed by atoms with Crippen LogP contribution in [0, 0.1) is 0 Å². The summed E-state index contributed by atoms with van der Waals surface area (Å²) in [6, 6.07) is -1.45. The zero-order chi connectivity index (χ0) is 15.0. The van der Waals surface area contributed by atoms with E-state index in [1.165, 1.54) is 0 Å². The van der Waals surface area contributed by atoms with E-state index in [0.29, 0.717) is 6.42 Å². The Morgan fingerprint density at radius 3 is 2.40 bits per heavy atom. The smallest absolute Gasteiger partial charge is 0.326 e. The van der Waals surface area contributed by atoms with Gasteiger partial charge in [-0.1, -0.05) is 6.92 Å². The predicted molar refractivity (Wildman–Crippen MR) is 73.3 cm³/mol. The molecule has 7 heteroatoms. The third kappa shape index (κ3) is 5.46. The molecule has 1 saturated heterocycles. The number of aliphatic carboxylic acids is 1. The molecule has 1 fully saturated rings. The molecule has 0 aromatic carbocycles. The number of likely N-dealkylation sites (tertiary alicyclic amines) is 1. The van der Waals surface area contributed by atoms with Gasteiger partial charge < -0.3 is 20.6 Å². The van der Waals surface area contributed by atoms with Gasteiger partial charge in [-0.25, -0.2) is 9.59 Å². The molecule has 0 aromatic rings. The van der Waals surface area contributed by atoms with Gasteiger partial charge in [0.1, 0.15) is 6.04 Å². The molecule has 1 aliphatic heterocycles. The molecule has 0 aliphatic carbocycles. The second-order valence-corrected chi connectivity index (χ2v) is 4.89. The number of amides is 3. The molecule has 7 nitrogen and oxygen atoms in total. The van der Waals surface area contributed by atoms with Gasteiger partial charge in [-0.2, -0.15) is 0 Å². The van der Waals surface area contributed by atoms with E-state index in [-0.39, 0.29) is 18.9 Å². The van der Waals surface area contributed by atoms with Crippen molar-refractivity contribution < 1.29 is 19.5 Å². The topological polar surface area (TPSA) is 98.7 Å². The Morgan fingerprint density at radius 2 is 1.85 bits per heavy atom. The monoisotopic (exact) mass is 285 g/mol. The largest absolute Gasteiger partial charge is 0.480 e. The molecule has 1 heterocycles. The quantitative estimate of drug-likeness (QED) is 0.663. The van der Waals surface area contributed by atoms with Crippen LogP contribution >= 0.6 is 0 Å². The van der Waals surface area contributed by atoms with E-state index >= 15 is 0 Å². The average molecular weight is 285 g/mol. The lowest BCUT2D eigenvalue weighted by atomic mass is 10.1. The van der Waals surface area contributed by atoms with Crippen LogP contribution in [-0.4, -0.2) is 53.6 Å². The van der Waals surface area contributed by atoms with Crippen molar-refractivity contribution in [3.63, 3.8) is 0 Å². The van der Waals surface area contributed by atoms with Crippen LogP contribution in [0.2, 0.25) is 0 Å². The van der Waals surface area contributed by atoms with E-state index in [1.54, 1.807) is 6.92 Å². The zero-order valence-electron chi connectivity index (χ0n) is 11.9. The third-order valence-corrected chi connectivity index (χ3v) is 3.34. The summed E-state index contributed by atoms with van der Waals surface area (Å²) in [5, 5.41) is 13.7. The molecule has 1 atom stereocenters. The molecule has 20 heavy (non-hydrogen) atoms. The van der Waals surface area contributed by atoms with Crippen molar-refractivity contribution >= 4 is 17.9 Å². The van der Waals surface area contributed by atoms with E-state index < -0.39 is 18.0 Å². The van der Waals surface area contributed by atoms with Crippen LogP contribution in [0.4, 0.5) is 4.79 Å². The highest BCUT2D eigenvalue weighted by Gasteiger charge is 2.18. The number of hydrogen-bond donors (Lipinski definition) is 3. The van der Waals surface area contributed by atoms with Crippen LogP contribution in [-0.2, 0) is 9.59 Å². The number of carbonyl (C=O) groups excluding carboxylic acids is 2. The summed E-state index contributed by atoms with van der Waals surface area (Å²) in [6.45, 7) is 3.49. The van der Waals surface area contributed by atoms with Gasteiger partial charge in [-0.05, 0) is 25.7 Å². The van der Waals surface area contributed by atoms with Gasteiger partial charge in [-0.15, -0.1) is 0 Å². The molecule has 114 valence electrons. The number of rotatable bonds is 6. The molecular weight excluding hydrogens is 262 g/mol. The third-order valence-electron chi connectivity index (χ3n) is 3.34. The van der Waals surface area contributed by atoms with Crippen molar-refractivity contribution in [2.24, 2.45) is 0 Å². The maximum absolute atomic E-state index is 11.8. The fourth-order valence-electron chi connectivity index (χ4n) is 2.13. The molecule has 1 rings (SSSR count). The molecule has 1 aliphatic rings. The number of carboxylic acids is 1. The van der Waals surface area contributed by atoms with Crippen molar-refractivity contribution in [2.75, 3.05) is 19.6 Å². The summed E-state index contributed by atoms with van der Waals surface area (Å²) in [7, 11) is 0. The van der Waals surface area contributed by atoms with Crippen LogP contribution in [0.5, 0.6) is 0 Å². The molecule has 1 unspecified atom stereocenters. The highest BCUT2D eigenvalue weighted by Crippen LogP contribution is 2.09. The Bertz CT molecular complexity index is 354. The van der Waals surface area contributed by atoms with E-state index in [4.69, 9.17) is 5.11 Å². The molecule has 0 bridgehead atoms. The SMILES string of the molecule is CCC(NC(=O)NCCC(=O)N1CCCCC1)C(=O)O. The van der Waals surface area contributed by atoms with Gasteiger partial charge >= 0.3 is 12.0 Å². The van der Waals surface area contributed by atoms with Crippen LogP contribution < -0.4 is 10.6 Å². The number of nitrogens with one attached hydrogen (secondary N) is 2. The number of carboxylic acid groups (broad SMARTS) is 1. The number of nitrogens with zero attached hydrogens (tertiary/aromatic N) is 1. The minimum absolute atomic E-state index is 0.0373. The first kappa shape index (κ1) is 16.3. The Balaban J connectivity index is 2.20. The highest BCUT2D eigenvalue weighted by molar-refractivity contribution is 5.83. The average Bonchev–Trinajstić information content (AvgIpc) is 2.45. The Labute approximate surface area is 118 Å². The second-order valence-electron chi connectivity index (χ2n) is 4.89. The molecule has 0 saturated carbocycles. The first-order chi connectivity index (χ1) is 9.54. The van der Waals surface area contributed by atoms with Gasteiger partial charge in [0.25, 0.3) is 0 Å². The molecule has 0 spiro atoms. The van der Waals surface area contributed by atoms with Crippen molar-refractivity contribution in [1.29, 1.82) is 0 Å². The van der Waals surface area contributed by atoms with Crippen LogP contribution in [0.15, 0.2) is 0 Å². The maximum Gasteiger partial charge on any atom is 0.326 e. The molecule has 0 aromatic heterocycles. The van der Waals surface area contributed by atoms with E-state index in [9.17, 15) is 14.4 Å². The lowest BCUT2D eigenvalue weighted by Crippen LogP contribution is -2.46. The highest BCUT2D eigenvalue weighted by atomic mass is 16.4. The van der Waals surface area contributed by atoms with Gasteiger partial charge in [0.2, 0.25) is 5.91 Å². The van der Waals surface area contributed by atoms with Crippen molar-refractivity contribution in [1.82, 2.24) is 15.5 Å². The summed E-state index contributed by atoms with van der Waals surface area (Å²) >= 11 is 0. The summed E-state index contributed by atoms with van der Waals surface area (Å²) in [4.78, 5) is 35.9. The Kier molecular flexibility index (Phi) is 6.83. The summed E-state index contributed by atoms with van der Waals surface area (Å²) < 4.78 is 0. The van der Waals surface area contributed by atoms with E-state index in [2.05, 4.69) is 10.6 Å². The lowest BCUT2D eigenvalue weighted by molar-refractivity contribution is -0.139. The standard InChI is InChI=1S/C13H23N3O4/c1-2-10(12(18)19)15-13(20)14-7-6-11(17)16-8-4-3-5-9-16/h10H,2-9H2,1H3,(H,18,19)(H2,14,15,20). The molecule has 3 N–H and O–H groups in total. The van der Waals surface area contributed by atoms with Crippen LogP contribution in [0.25, 0.3) is 0 Å². The van der Waals surface area contributed by atoms with E-state index in [0.717, 1.165) is 32.4 Å². The Morgan fingerprint density at radius 1 is 1.20 bits per heavy atom. The fourth-order valence-corrected chi connectivity index (χ4v) is 2.13. The van der Waals surface area contributed by atoms with Crippen molar-refractivity contribution in [3.8, 4) is 0 Å². The van der Waals surface area contributed by atoms with Gasteiger partial charge in [0, 0.05) is 26.1 Å². The van der Waals surface area contributed by atoms with Crippen molar-refractivity contribution in [2.45, 2.75) is 45.1 Å². The second kappa shape index (κ2) is 8.39. The zero-order valence-corrected chi connectivity index (χ0v) is 11.9. The predicted octanol–water partition coefficient (Wildman–Crippen LogP) is 0.551. The van der Waals surface area contributed by atoms with Crippen LogP contribution in [0.3, 0.4) is 0 Å². The fraction of sp³-hybridized carbons (Fsp3) is 0.769. The number of piperidine rings is 1. The normalized spacial score (nSPS) is 16.4. The van der Waals surface area contributed by atoms with Crippen molar-refractivity contribution in [3.05, 3.63) is 0 Å². The van der Waals surface area contributed by atoms with Gasteiger partial charge in [-0.3, -0.25) is 4.79 Å². The first-order valence-corrected chi connectivity index (χ1v) is 7.09. The molecule has 0 radical (unpaired) electrons. The lowest BCUT2D eigenvalue weighted by Gasteiger charge is -2.26. The first-order valence-electron chi connectivity index (χ1n) is 7.09. The summed E-state index contributed by atoms with van der Waals surface area (Å²) in [5.74, 6) is -1.03. The minimum Gasteiger partial charge on any atom is -0.480 e. The summed E-state index contributed by atoms with van der Waals surface area (Å²) in [5.41, 5.74) is 0. The van der Waals surface area contributed by atoms with Crippen LogP contribution in [0.1, 0.15) is 39.0 Å². The minimum atomic E-state index is -1.06.